The molecule has 0 radical (unpaired) electrons. The van der Waals surface area contributed by atoms with Crippen molar-refractivity contribution in [3.63, 3.8) is 0 Å². The number of hydrogen-bond acceptors (Lipinski definition) is 7. The fourth-order valence-electron chi connectivity index (χ4n) is 12.9. The number of aliphatic carboxylic acids is 1. The molecule has 2 bridgehead atoms. The Balaban J connectivity index is 1.37. The SMILES string of the molecule is CC(C)[C@@H](C)[C@@]1(C)CC[C@]2(C)[C@H]3CC[C@@H]4[C@@]5(COC[C@@]4(C)[C@@H](OC[C@](C)(N)C(C)C)[C@H](n4nc(N)nc4-c4ccccc4)C5)C3=CC[C@@]2(C)[C@@H]1C(=O)O. The number of aromatic nitrogens is 3. The highest BCUT2D eigenvalue weighted by Crippen LogP contribution is 2.75. The lowest BCUT2D eigenvalue weighted by molar-refractivity contribution is -0.252. The van der Waals surface area contributed by atoms with E-state index in [9.17, 15) is 9.90 Å². The minimum absolute atomic E-state index is 0.168. The lowest BCUT2D eigenvalue weighted by Gasteiger charge is -2.71. The molecule has 53 heavy (non-hydrogen) atoms. The third kappa shape index (κ3) is 5.51. The molecule has 5 N–H and O–H groups in total. The van der Waals surface area contributed by atoms with Gasteiger partial charge in [-0.3, -0.25) is 4.79 Å². The van der Waals surface area contributed by atoms with E-state index in [1.807, 2.05) is 18.2 Å². The van der Waals surface area contributed by atoms with Crippen molar-refractivity contribution >= 4 is 11.9 Å². The molecule has 1 aromatic carbocycles. The number of hydrogen-bond donors (Lipinski definition) is 3. The fraction of sp³-hybridized carbons (Fsp3) is 0.750. The van der Waals surface area contributed by atoms with Gasteiger partial charge >= 0.3 is 5.97 Å². The predicted octanol–water partition coefficient (Wildman–Crippen LogP) is 8.42. The van der Waals surface area contributed by atoms with Crippen LogP contribution in [0.25, 0.3) is 11.4 Å². The quantitative estimate of drug-likeness (QED) is 0.219. The third-order valence-electron chi connectivity index (χ3n) is 17.0. The molecule has 2 heterocycles. The lowest BCUT2D eigenvalue weighted by Crippen LogP contribution is -2.69. The number of anilines is 1. The zero-order valence-corrected chi connectivity index (χ0v) is 34.1. The molecule has 0 unspecified atom stereocenters. The van der Waals surface area contributed by atoms with Crippen molar-refractivity contribution in [3.05, 3.63) is 42.0 Å². The topological polar surface area (TPSA) is 139 Å². The molecule has 1 saturated heterocycles. The molecule has 12 atom stereocenters. The highest BCUT2D eigenvalue weighted by Gasteiger charge is 2.72. The molecule has 292 valence electrons. The minimum Gasteiger partial charge on any atom is -0.481 e. The summed E-state index contributed by atoms with van der Waals surface area (Å²) in [5.74, 6) is 1.48. The van der Waals surface area contributed by atoms with Crippen molar-refractivity contribution in [1.82, 2.24) is 14.8 Å². The number of allylic oxidation sites excluding steroid dienone is 1. The van der Waals surface area contributed by atoms with Gasteiger partial charge in [0, 0.05) is 21.9 Å². The van der Waals surface area contributed by atoms with E-state index >= 15 is 0 Å². The van der Waals surface area contributed by atoms with Crippen LogP contribution in [0.2, 0.25) is 0 Å². The van der Waals surface area contributed by atoms with E-state index < -0.39 is 17.4 Å². The summed E-state index contributed by atoms with van der Waals surface area (Å²) in [5, 5.41) is 16.1. The number of carboxylic acids is 1. The first-order valence-corrected chi connectivity index (χ1v) is 20.5. The van der Waals surface area contributed by atoms with Gasteiger partial charge in [0.2, 0.25) is 5.95 Å². The van der Waals surface area contributed by atoms with Gasteiger partial charge in [-0.05, 0) is 91.3 Å². The predicted molar refractivity (Wildman–Crippen MR) is 210 cm³/mol. The van der Waals surface area contributed by atoms with E-state index in [0.717, 1.165) is 49.9 Å². The Morgan fingerprint density at radius 1 is 1.06 bits per heavy atom. The van der Waals surface area contributed by atoms with Crippen LogP contribution in [-0.4, -0.2) is 57.3 Å². The Hall–Kier alpha value is -2.75. The Morgan fingerprint density at radius 2 is 1.75 bits per heavy atom. The Labute approximate surface area is 318 Å². The van der Waals surface area contributed by atoms with Crippen molar-refractivity contribution < 1.29 is 19.4 Å². The van der Waals surface area contributed by atoms with E-state index in [1.54, 1.807) is 0 Å². The molecule has 2 aromatic rings. The molecule has 7 rings (SSSR count). The summed E-state index contributed by atoms with van der Waals surface area (Å²) >= 11 is 0. The van der Waals surface area contributed by atoms with Crippen molar-refractivity contribution in [3.8, 4) is 11.4 Å². The molecule has 1 aliphatic heterocycles. The largest absolute Gasteiger partial charge is 0.481 e. The summed E-state index contributed by atoms with van der Waals surface area (Å²) < 4.78 is 16.0. The first-order valence-electron chi connectivity index (χ1n) is 20.5. The molecule has 4 aliphatic carbocycles. The zero-order valence-electron chi connectivity index (χ0n) is 34.1. The number of nitrogens with two attached hydrogens (primary N) is 2. The summed E-state index contributed by atoms with van der Waals surface area (Å²) in [5.41, 5.74) is 13.9. The van der Waals surface area contributed by atoms with Crippen LogP contribution in [-0.2, 0) is 14.3 Å². The molecule has 3 saturated carbocycles. The van der Waals surface area contributed by atoms with Crippen LogP contribution in [0.1, 0.15) is 114 Å². The Morgan fingerprint density at radius 3 is 2.40 bits per heavy atom. The highest BCUT2D eigenvalue weighted by atomic mass is 16.5. The number of nitrogen functional groups attached to an aromatic ring is 1. The number of ether oxygens (including phenoxy) is 2. The monoisotopic (exact) mass is 730 g/mol. The van der Waals surface area contributed by atoms with Gasteiger partial charge < -0.3 is 26.0 Å². The van der Waals surface area contributed by atoms with E-state index in [0.29, 0.717) is 37.6 Å². The number of carbonyl (C=O) groups is 1. The van der Waals surface area contributed by atoms with Crippen molar-refractivity contribution in [1.29, 1.82) is 0 Å². The molecule has 0 amide bonds. The molecular formula is C44H67N5O4. The normalized spacial score (nSPS) is 41.2. The zero-order chi connectivity index (χ0) is 38.5. The molecular weight excluding hydrogens is 663 g/mol. The molecule has 0 spiro atoms. The second kappa shape index (κ2) is 12.9. The lowest BCUT2D eigenvalue weighted by atomic mass is 9.34. The maximum absolute atomic E-state index is 13.6. The van der Waals surface area contributed by atoms with Crippen LogP contribution in [0.4, 0.5) is 5.95 Å². The smallest absolute Gasteiger partial charge is 0.307 e. The standard InChI is InChI=1S/C44H67N5O4/c1-26(2)28(5)39(6)20-21-41(8)30-16-17-33-40(7)23-52-25-44(33,31(30)18-19-42(41,9)34(39)37(50)51)22-32(35(40)53-24-43(10,46)27(3)4)49-36(47-38(45)48-49)29-14-12-11-13-15-29/h11-15,18,26-28,30,32-35H,16-17,19-25,46H2,1-10H3,(H2,45,48)(H,50,51)/t28-,30+,32-,33+,34-,35+,39-,40-,41-,42+,43+,44+/m1/s1. The molecule has 1 aromatic heterocycles. The summed E-state index contributed by atoms with van der Waals surface area (Å²) in [4.78, 5) is 18.4. The highest BCUT2D eigenvalue weighted by molar-refractivity contribution is 5.73. The van der Waals surface area contributed by atoms with Gasteiger partial charge in [-0.15, -0.1) is 5.10 Å². The van der Waals surface area contributed by atoms with E-state index in [-0.39, 0.29) is 57.0 Å². The van der Waals surface area contributed by atoms with Gasteiger partial charge in [-0.2, -0.15) is 4.98 Å². The van der Waals surface area contributed by atoms with Crippen LogP contribution in [0, 0.1) is 62.6 Å². The average Bonchev–Trinajstić information content (AvgIpc) is 3.49. The number of benzene rings is 1. The van der Waals surface area contributed by atoms with E-state index in [2.05, 4.69) is 92.1 Å². The minimum atomic E-state index is -0.631. The Kier molecular flexibility index (Phi) is 9.38. The van der Waals surface area contributed by atoms with Crippen molar-refractivity contribution in [2.45, 2.75) is 125 Å². The van der Waals surface area contributed by atoms with Crippen LogP contribution in [0.3, 0.4) is 0 Å². The summed E-state index contributed by atoms with van der Waals surface area (Å²) in [7, 11) is 0. The van der Waals surface area contributed by atoms with Crippen LogP contribution in [0.5, 0.6) is 0 Å². The molecule has 9 nitrogen and oxygen atoms in total. The average molecular weight is 730 g/mol. The van der Waals surface area contributed by atoms with Gasteiger partial charge in [-0.25, -0.2) is 4.68 Å². The van der Waals surface area contributed by atoms with Crippen LogP contribution in [0.15, 0.2) is 42.0 Å². The first kappa shape index (κ1) is 38.5. The van der Waals surface area contributed by atoms with E-state index in [1.165, 1.54) is 5.57 Å². The number of nitrogens with zero attached hydrogens (tertiary/aromatic N) is 3. The number of rotatable bonds is 9. The Bertz CT molecular complexity index is 1740. The first-order chi connectivity index (χ1) is 24.8. The summed E-state index contributed by atoms with van der Waals surface area (Å²) in [6.45, 7) is 24.3. The number of fused-ring (bicyclic) bond motifs is 3. The van der Waals surface area contributed by atoms with Crippen molar-refractivity contribution in [2.75, 3.05) is 25.6 Å². The van der Waals surface area contributed by atoms with Crippen LogP contribution >= 0.6 is 0 Å². The summed E-state index contributed by atoms with van der Waals surface area (Å²) in [6, 6.07) is 10.0. The maximum Gasteiger partial charge on any atom is 0.307 e. The van der Waals surface area contributed by atoms with Gasteiger partial charge in [0.25, 0.3) is 0 Å². The summed E-state index contributed by atoms with van der Waals surface area (Å²) in [6.07, 6.45) is 7.86. The van der Waals surface area contributed by atoms with Gasteiger partial charge in [0.15, 0.2) is 5.82 Å². The second-order valence-corrected chi connectivity index (χ2v) is 20.1. The number of carboxylic acid groups (broad SMARTS) is 1. The second-order valence-electron chi connectivity index (χ2n) is 20.1. The molecule has 9 heteroatoms. The third-order valence-corrected chi connectivity index (χ3v) is 17.0. The van der Waals surface area contributed by atoms with E-state index in [4.69, 9.17) is 31.0 Å². The van der Waals surface area contributed by atoms with Crippen molar-refractivity contribution in [2.24, 2.45) is 68.3 Å². The molecule has 5 aliphatic rings. The van der Waals surface area contributed by atoms with Gasteiger partial charge in [0.1, 0.15) is 0 Å². The van der Waals surface area contributed by atoms with Gasteiger partial charge in [-0.1, -0.05) is 104 Å². The fourth-order valence-corrected chi connectivity index (χ4v) is 12.9. The van der Waals surface area contributed by atoms with Gasteiger partial charge in [0.05, 0.1) is 37.9 Å². The maximum atomic E-state index is 13.6. The van der Waals surface area contributed by atoms with Crippen LogP contribution < -0.4 is 11.5 Å². The molecule has 4 fully saturated rings.